The summed E-state index contributed by atoms with van der Waals surface area (Å²) in [6, 6.07) is 0. The van der Waals surface area contributed by atoms with Crippen molar-refractivity contribution in [2.75, 3.05) is 0 Å². The van der Waals surface area contributed by atoms with Gasteiger partial charge < -0.3 is 0 Å². The topological polar surface area (TPSA) is 21.4 Å². The molecule has 0 aliphatic heterocycles. The predicted octanol–water partition coefficient (Wildman–Crippen LogP) is 5.40. The molecule has 2 nitrogen and oxygen atoms in total. The first-order valence-corrected chi connectivity index (χ1v) is 9.57. The summed E-state index contributed by atoms with van der Waals surface area (Å²) in [4.78, 5) is 15.5. The van der Waals surface area contributed by atoms with Crippen LogP contribution in [0, 0.1) is 41.1 Å². The molecule has 0 aromatic rings. The number of allylic oxidation sites excluding steroid dienone is 1. The molecule has 4 aliphatic carbocycles. The Morgan fingerprint density at radius 2 is 1.91 bits per heavy atom. The number of hydrogen-bond acceptors (Lipinski definition) is 1. The van der Waals surface area contributed by atoms with Gasteiger partial charge in [0.15, 0.2) is 6.20 Å². The van der Waals surface area contributed by atoms with Gasteiger partial charge in [0.25, 0.3) is 0 Å². The second-order valence-electron chi connectivity index (χ2n) is 9.18. The van der Waals surface area contributed by atoms with Crippen molar-refractivity contribution in [2.45, 2.75) is 71.6 Å². The summed E-state index contributed by atoms with van der Waals surface area (Å²) in [5.74, 6) is 3.59. The normalized spacial score (nSPS) is 50.8. The molecule has 0 amide bonds. The van der Waals surface area contributed by atoms with Crippen molar-refractivity contribution in [1.29, 1.82) is 0 Å². The van der Waals surface area contributed by atoms with Crippen molar-refractivity contribution in [3.63, 3.8) is 0 Å². The molecule has 124 valence electrons. The van der Waals surface area contributed by atoms with Crippen molar-refractivity contribution >= 4 is 5.78 Å². The zero-order chi connectivity index (χ0) is 16.2. The Labute approximate surface area is 140 Å². The first-order valence-electron chi connectivity index (χ1n) is 9.57. The molecule has 0 spiro atoms. The lowest BCUT2D eigenvalue weighted by Gasteiger charge is -2.59. The first kappa shape index (κ1) is 15.4. The third kappa shape index (κ3) is 2.08. The molecule has 4 aliphatic rings. The zero-order valence-corrected chi connectivity index (χ0v) is 14.6. The van der Waals surface area contributed by atoms with E-state index in [1.807, 2.05) is 6.20 Å². The summed E-state index contributed by atoms with van der Waals surface area (Å²) in [6.45, 7) is 12.2. The maximum atomic E-state index is 11.9. The van der Waals surface area contributed by atoms with Crippen LogP contribution < -0.4 is 0 Å². The minimum absolute atomic E-state index is 0.291. The van der Waals surface area contributed by atoms with Gasteiger partial charge in [-0.15, -0.1) is 0 Å². The van der Waals surface area contributed by atoms with Crippen LogP contribution in [0.2, 0.25) is 0 Å². The van der Waals surface area contributed by atoms with Gasteiger partial charge in [-0.25, -0.2) is 4.85 Å². The second-order valence-corrected chi connectivity index (χ2v) is 9.18. The summed E-state index contributed by atoms with van der Waals surface area (Å²) in [7, 11) is 0. The van der Waals surface area contributed by atoms with Crippen LogP contribution >= 0.6 is 0 Å². The van der Waals surface area contributed by atoms with Gasteiger partial charge in [-0.05, 0) is 79.4 Å². The van der Waals surface area contributed by atoms with Crippen molar-refractivity contribution in [3.05, 3.63) is 23.2 Å². The van der Waals surface area contributed by atoms with E-state index in [1.54, 1.807) is 0 Å². The number of rotatable bonds is 0. The largest absolute Gasteiger partial charge is 0.300 e. The van der Waals surface area contributed by atoms with Gasteiger partial charge in [0.05, 0.1) is 6.57 Å². The number of fused-ring (bicyclic) bond motifs is 5. The van der Waals surface area contributed by atoms with Crippen molar-refractivity contribution in [1.82, 2.24) is 0 Å². The molecule has 4 rings (SSSR count). The predicted molar refractivity (Wildman–Crippen MR) is 91.4 cm³/mol. The Kier molecular flexibility index (Phi) is 3.49. The van der Waals surface area contributed by atoms with E-state index in [0.717, 1.165) is 43.4 Å². The molecular weight excluding hydrogens is 282 g/mol. The van der Waals surface area contributed by atoms with E-state index in [0.29, 0.717) is 22.5 Å². The summed E-state index contributed by atoms with van der Waals surface area (Å²) in [5.41, 5.74) is 2.13. The molecule has 0 aromatic heterocycles. The molecular formula is C21H29NO. The van der Waals surface area contributed by atoms with Crippen LogP contribution in [0.3, 0.4) is 0 Å². The van der Waals surface area contributed by atoms with E-state index in [1.165, 1.54) is 37.7 Å². The number of Topliss-reactive ketones (excluding diaryl/α,β-unsaturated/α-hetero) is 1. The Bertz CT molecular complexity index is 599. The minimum Gasteiger partial charge on any atom is -0.300 e. The molecule has 0 heterocycles. The van der Waals surface area contributed by atoms with E-state index in [9.17, 15) is 4.79 Å². The lowest BCUT2D eigenvalue weighted by Crippen LogP contribution is -2.52. The van der Waals surface area contributed by atoms with E-state index in [-0.39, 0.29) is 0 Å². The lowest BCUT2D eigenvalue weighted by atomic mass is 9.45. The number of carbonyl (C=O) groups excluding carboxylic acids is 1. The van der Waals surface area contributed by atoms with Crippen LogP contribution in [0.5, 0.6) is 0 Å². The fourth-order valence-electron chi connectivity index (χ4n) is 7.18. The highest BCUT2D eigenvalue weighted by Gasteiger charge is 2.58. The van der Waals surface area contributed by atoms with Crippen LogP contribution in [0.1, 0.15) is 71.6 Å². The maximum Gasteiger partial charge on any atom is 0.154 e. The first-order chi connectivity index (χ1) is 11.0. The lowest BCUT2D eigenvalue weighted by molar-refractivity contribution is -0.136. The third-order valence-electron chi connectivity index (χ3n) is 8.55. The molecule has 2 heteroatoms. The number of nitrogens with zero attached hydrogens (tertiary/aromatic N) is 1. The van der Waals surface area contributed by atoms with Gasteiger partial charge in [0, 0.05) is 12.8 Å². The van der Waals surface area contributed by atoms with Crippen LogP contribution in [0.25, 0.3) is 4.85 Å². The number of hydrogen-bond donors (Lipinski definition) is 0. The van der Waals surface area contributed by atoms with Crippen molar-refractivity contribution < 1.29 is 4.79 Å². The van der Waals surface area contributed by atoms with Crippen molar-refractivity contribution in [2.24, 2.45) is 34.5 Å². The molecule has 4 fully saturated rings. The Morgan fingerprint density at radius 3 is 2.70 bits per heavy atom. The summed E-state index contributed by atoms with van der Waals surface area (Å²) in [6.07, 6.45) is 12.2. The highest BCUT2D eigenvalue weighted by atomic mass is 16.1. The van der Waals surface area contributed by atoms with E-state index < -0.39 is 0 Å². The average Bonchev–Trinajstić information content (AvgIpc) is 2.85. The Balaban J connectivity index is 1.64. The molecule has 23 heavy (non-hydrogen) atoms. The second kappa shape index (κ2) is 5.20. The third-order valence-corrected chi connectivity index (χ3v) is 8.55. The van der Waals surface area contributed by atoms with Gasteiger partial charge in [-0.1, -0.05) is 19.4 Å². The van der Waals surface area contributed by atoms with Crippen molar-refractivity contribution in [3.8, 4) is 0 Å². The molecule has 0 aromatic carbocycles. The average molecular weight is 311 g/mol. The zero-order valence-electron chi connectivity index (χ0n) is 14.6. The molecule has 0 unspecified atom stereocenters. The fourth-order valence-corrected chi connectivity index (χ4v) is 7.18. The molecule has 4 saturated carbocycles. The quantitative estimate of drug-likeness (QED) is 0.549. The van der Waals surface area contributed by atoms with E-state index in [2.05, 4.69) is 18.7 Å². The van der Waals surface area contributed by atoms with Crippen LogP contribution in [0.15, 0.2) is 11.8 Å². The van der Waals surface area contributed by atoms with Gasteiger partial charge in [-0.2, -0.15) is 0 Å². The smallest absolute Gasteiger partial charge is 0.154 e. The fraction of sp³-hybridized carbons (Fsp3) is 0.810. The van der Waals surface area contributed by atoms with Gasteiger partial charge in [0.1, 0.15) is 5.78 Å². The van der Waals surface area contributed by atoms with Gasteiger partial charge in [-0.3, -0.25) is 4.79 Å². The number of carbonyl (C=O) groups is 1. The Morgan fingerprint density at radius 1 is 1.09 bits per heavy atom. The maximum absolute atomic E-state index is 11.9. The molecule has 0 bridgehead atoms. The molecule has 0 radical (unpaired) electrons. The molecule has 6 atom stereocenters. The molecule has 0 saturated heterocycles. The molecule has 0 N–H and O–H groups in total. The van der Waals surface area contributed by atoms with E-state index >= 15 is 0 Å². The highest BCUT2D eigenvalue weighted by Crippen LogP contribution is 2.67. The van der Waals surface area contributed by atoms with Gasteiger partial charge >= 0.3 is 0 Å². The van der Waals surface area contributed by atoms with Gasteiger partial charge in [0.2, 0.25) is 0 Å². The minimum atomic E-state index is 0.291. The summed E-state index contributed by atoms with van der Waals surface area (Å²) < 4.78 is 0. The standard InChI is InChI=1S/C21H29NO/c1-20-10-8-16(23)12-14(20)4-6-17-18-7-5-15(13-22-3)21(18,2)11-9-19(17)20/h13-14,17-19H,4-12H2,1-2H3/b15-13-/t14-,17-,18-,19-,20-,21+/m0/s1. The highest BCUT2D eigenvalue weighted by molar-refractivity contribution is 5.79. The SMILES string of the molecule is [C-]#[N+]/C=C1/CC[C@H]2[C@@H]3CC[C@H]4CC(=O)CC[C@]4(C)[C@H]3CC[C@]12C. The van der Waals surface area contributed by atoms with Crippen LogP contribution in [0.4, 0.5) is 0 Å². The Hall–Kier alpha value is -1.10. The van der Waals surface area contributed by atoms with Crippen LogP contribution in [-0.2, 0) is 4.79 Å². The summed E-state index contributed by atoms with van der Waals surface area (Å²) >= 11 is 0. The van der Waals surface area contributed by atoms with Crippen LogP contribution in [-0.4, -0.2) is 5.78 Å². The van der Waals surface area contributed by atoms with E-state index in [4.69, 9.17) is 6.57 Å². The summed E-state index contributed by atoms with van der Waals surface area (Å²) in [5, 5.41) is 0. The number of ketones is 1. The monoisotopic (exact) mass is 311 g/mol.